The van der Waals surface area contributed by atoms with Crippen LogP contribution in [0.3, 0.4) is 0 Å². The molecule has 0 aliphatic heterocycles. The molecule has 0 saturated carbocycles. The second-order valence-electron chi connectivity index (χ2n) is 3.57. The lowest BCUT2D eigenvalue weighted by molar-refractivity contribution is 1.03. The molecule has 4 heteroatoms. The van der Waals surface area contributed by atoms with Gasteiger partial charge in [-0.3, -0.25) is 0 Å². The second-order valence-corrected chi connectivity index (χ2v) is 3.90. The van der Waals surface area contributed by atoms with Crippen molar-refractivity contribution in [3.63, 3.8) is 0 Å². The van der Waals surface area contributed by atoms with Crippen LogP contribution in [0, 0.1) is 0 Å². The number of hydrogen-bond donors (Lipinski definition) is 0. The van der Waals surface area contributed by atoms with Crippen LogP contribution < -0.4 is 0 Å². The molecule has 0 spiro atoms. The molecule has 0 unspecified atom stereocenters. The highest BCUT2D eigenvalue weighted by atomic mass is 35.5. The molecule has 0 fully saturated rings. The zero-order valence-corrected chi connectivity index (χ0v) is 12.7. The Labute approximate surface area is 125 Å². The minimum atomic E-state index is 0.181. The fourth-order valence-electron chi connectivity index (χ4n) is 1.53. The van der Waals surface area contributed by atoms with Crippen molar-refractivity contribution in [1.82, 2.24) is 15.0 Å². The molecular formula is C16H18ClN3. The molecular weight excluding hydrogens is 270 g/mol. The van der Waals surface area contributed by atoms with Crippen LogP contribution in [0.1, 0.15) is 26.6 Å². The number of allylic oxidation sites excluding steroid dienone is 3. The highest BCUT2D eigenvalue weighted by Crippen LogP contribution is 2.19. The van der Waals surface area contributed by atoms with E-state index >= 15 is 0 Å². The first kappa shape index (κ1) is 16.1. The van der Waals surface area contributed by atoms with Gasteiger partial charge in [-0.05, 0) is 18.5 Å². The predicted molar refractivity (Wildman–Crippen MR) is 85.5 cm³/mol. The molecule has 1 aromatic carbocycles. The third-order valence-electron chi connectivity index (χ3n) is 2.43. The summed E-state index contributed by atoms with van der Waals surface area (Å²) in [6.07, 6.45) is 3.58. The van der Waals surface area contributed by atoms with Crippen LogP contribution >= 0.6 is 11.6 Å². The van der Waals surface area contributed by atoms with E-state index in [-0.39, 0.29) is 5.28 Å². The van der Waals surface area contributed by atoms with Crippen molar-refractivity contribution in [2.24, 2.45) is 0 Å². The maximum absolute atomic E-state index is 5.93. The van der Waals surface area contributed by atoms with Crippen molar-refractivity contribution in [2.75, 3.05) is 0 Å². The van der Waals surface area contributed by atoms with Gasteiger partial charge in [0.05, 0.1) is 0 Å². The van der Waals surface area contributed by atoms with Crippen molar-refractivity contribution in [1.29, 1.82) is 0 Å². The quantitative estimate of drug-likeness (QED) is 0.761. The van der Waals surface area contributed by atoms with Gasteiger partial charge in [0, 0.05) is 11.1 Å². The van der Waals surface area contributed by atoms with Crippen molar-refractivity contribution < 1.29 is 0 Å². The van der Waals surface area contributed by atoms with Crippen molar-refractivity contribution in [3.8, 4) is 11.4 Å². The number of aromatic nitrogens is 3. The molecule has 1 aromatic heterocycles. The van der Waals surface area contributed by atoms with E-state index in [0.29, 0.717) is 11.6 Å². The number of nitrogens with zero attached hydrogens (tertiary/aromatic N) is 3. The lowest BCUT2D eigenvalue weighted by atomic mass is 10.2. The monoisotopic (exact) mass is 287 g/mol. The second kappa shape index (κ2) is 8.23. The predicted octanol–water partition coefficient (Wildman–Crippen LogP) is 4.81. The van der Waals surface area contributed by atoms with Crippen LogP contribution in [-0.2, 0) is 0 Å². The maximum atomic E-state index is 5.93. The molecule has 0 amide bonds. The Kier molecular flexibility index (Phi) is 6.60. The topological polar surface area (TPSA) is 38.7 Å². The Balaban J connectivity index is 0.000000956. The van der Waals surface area contributed by atoms with E-state index in [0.717, 1.165) is 11.1 Å². The summed E-state index contributed by atoms with van der Waals surface area (Å²) in [5, 5.41) is 0.181. The Morgan fingerprint density at radius 1 is 1.10 bits per heavy atom. The maximum Gasteiger partial charge on any atom is 0.226 e. The summed E-state index contributed by atoms with van der Waals surface area (Å²) in [6.45, 7) is 9.63. The molecule has 0 N–H and O–H groups in total. The lowest BCUT2D eigenvalue weighted by Gasteiger charge is -2.04. The first-order valence-electron chi connectivity index (χ1n) is 6.50. The van der Waals surface area contributed by atoms with Crippen LogP contribution in [0.5, 0.6) is 0 Å². The minimum Gasteiger partial charge on any atom is -0.208 e. The molecule has 3 nitrogen and oxygen atoms in total. The average Bonchev–Trinajstić information content (AvgIpc) is 2.51. The summed E-state index contributed by atoms with van der Waals surface area (Å²) in [4.78, 5) is 12.6. The Morgan fingerprint density at radius 2 is 1.75 bits per heavy atom. The van der Waals surface area contributed by atoms with Gasteiger partial charge >= 0.3 is 0 Å². The van der Waals surface area contributed by atoms with Gasteiger partial charge in [-0.15, -0.1) is 0 Å². The van der Waals surface area contributed by atoms with Crippen LogP contribution in [0.15, 0.2) is 49.1 Å². The van der Waals surface area contributed by atoms with Gasteiger partial charge < -0.3 is 0 Å². The molecule has 0 bridgehead atoms. The van der Waals surface area contributed by atoms with E-state index in [2.05, 4.69) is 21.5 Å². The summed E-state index contributed by atoms with van der Waals surface area (Å²) < 4.78 is 0. The number of hydrogen-bond acceptors (Lipinski definition) is 3. The Hall–Kier alpha value is -2.00. The minimum absolute atomic E-state index is 0.181. The molecule has 0 atom stereocenters. The zero-order chi connectivity index (χ0) is 15.0. The summed E-state index contributed by atoms with van der Waals surface area (Å²) in [5.41, 5.74) is 1.74. The number of halogens is 1. The highest BCUT2D eigenvalue weighted by molar-refractivity contribution is 6.28. The van der Waals surface area contributed by atoms with Gasteiger partial charge in [0.25, 0.3) is 0 Å². The zero-order valence-electron chi connectivity index (χ0n) is 12.0. The van der Waals surface area contributed by atoms with Crippen LogP contribution in [0.2, 0.25) is 5.28 Å². The standard InChI is InChI=1S/C14H12ClN3.C2H6/c1-3-10(4-2)12-16-13(18-14(15)17-12)11-8-6-5-7-9-11;1-2/h3-9H,1H2,2H3;1-2H3/b10-4+;. The van der Waals surface area contributed by atoms with Crippen LogP contribution in [0.25, 0.3) is 17.0 Å². The molecule has 0 aliphatic rings. The normalized spacial score (nSPS) is 10.5. The molecule has 104 valence electrons. The molecule has 2 rings (SSSR count). The lowest BCUT2D eigenvalue weighted by Crippen LogP contribution is -1.99. The van der Waals surface area contributed by atoms with Gasteiger partial charge in [-0.1, -0.05) is 62.9 Å². The summed E-state index contributed by atoms with van der Waals surface area (Å²) in [6, 6.07) is 9.65. The summed E-state index contributed by atoms with van der Waals surface area (Å²) in [7, 11) is 0. The summed E-state index contributed by atoms with van der Waals surface area (Å²) >= 11 is 5.93. The van der Waals surface area contributed by atoms with Gasteiger partial charge in [-0.25, -0.2) is 4.98 Å². The average molecular weight is 288 g/mol. The third kappa shape index (κ3) is 4.00. The van der Waals surface area contributed by atoms with E-state index in [4.69, 9.17) is 11.6 Å². The molecule has 1 heterocycles. The fourth-order valence-corrected chi connectivity index (χ4v) is 1.69. The molecule has 0 saturated heterocycles. The van der Waals surface area contributed by atoms with E-state index in [9.17, 15) is 0 Å². The smallest absolute Gasteiger partial charge is 0.208 e. The van der Waals surface area contributed by atoms with Gasteiger partial charge in [-0.2, -0.15) is 9.97 Å². The van der Waals surface area contributed by atoms with Crippen molar-refractivity contribution in [2.45, 2.75) is 20.8 Å². The molecule has 0 radical (unpaired) electrons. The van der Waals surface area contributed by atoms with Crippen molar-refractivity contribution in [3.05, 3.63) is 60.2 Å². The molecule has 2 aromatic rings. The van der Waals surface area contributed by atoms with Crippen LogP contribution in [0.4, 0.5) is 0 Å². The van der Waals surface area contributed by atoms with E-state index in [1.807, 2.05) is 57.2 Å². The van der Waals surface area contributed by atoms with E-state index < -0.39 is 0 Å². The number of rotatable bonds is 3. The first-order valence-corrected chi connectivity index (χ1v) is 6.88. The van der Waals surface area contributed by atoms with E-state index in [1.165, 1.54) is 0 Å². The third-order valence-corrected chi connectivity index (χ3v) is 2.60. The first-order chi connectivity index (χ1) is 9.74. The SMILES string of the molecule is C=C/C(=C\C)c1nc(Cl)nc(-c2ccccc2)n1.CC. The fraction of sp³-hybridized carbons (Fsp3) is 0.188. The Morgan fingerprint density at radius 3 is 2.30 bits per heavy atom. The summed E-state index contributed by atoms with van der Waals surface area (Å²) in [5.74, 6) is 1.10. The Bertz CT molecular complexity index is 592. The highest BCUT2D eigenvalue weighted by Gasteiger charge is 2.08. The van der Waals surface area contributed by atoms with E-state index in [1.54, 1.807) is 6.08 Å². The van der Waals surface area contributed by atoms with Gasteiger partial charge in [0.15, 0.2) is 11.6 Å². The molecule has 0 aliphatic carbocycles. The molecule has 20 heavy (non-hydrogen) atoms. The van der Waals surface area contributed by atoms with Crippen LogP contribution in [-0.4, -0.2) is 15.0 Å². The van der Waals surface area contributed by atoms with Gasteiger partial charge in [0.2, 0.25) is 5.28 Å². The van der Waals surface area contributed by atoms with Gasteiger partial charge in [0.1, 0.15) is 0 Å². The van der Waals surface area contributed by atoms with Crippen molar-refractivity contribution >= 4 is 17.2 Å². The number of benzene rings is 1. The largest absolute Gasteiger partial charge is 0.226 e.